The number of hydrogen-bond donors (Lipinski definition) is 0. The first-order valence-corrected chi connectivity index (χ1v) is 6.11. The molecule has 0 spiro atoms. The van der Waals surface area contributed by atoms with Gasteiger partial charge in [-0.15, -0.1) is 6.42 Å². The van der Waals surface area contributed by atoms with Crippen LogP contribution in [0.4, 0.5) is 5.82 Å². The molecule has 0 bridgehead atoms. The van der Waals surface area contributed by atoms with Crippen LogP contribution >= 0.6 is 0 Å². The van der Waals surface area contributed by atoms with Gasteiger partial charge in [-0.25, -0.2) is 4.98 Å². The molecule has 0 aromatic carbocycles. The van der Waals surface area contributed by atoms with Gasteiger partial charge in [0.25, 0.3) is 0 Å². The van der Waals surface area contributed by atoms with E-state index in [-0.39, 0.29) is 0 Å². The van der Waals surface area contributed by atoms with Gasteiger partial charge in [-0.1, -0.05) is 5.92 Å². The Kier molecular flexibility index (Phi) is 2.69. The van der Waals surface area contributed by atoms with Crippen molar-refractivity contribution < 1.29 is 0 Å². The molecule has 1 aromatic rings. The van der Waals surface area contributed by atoms with Gasteiger partial charge in [-0.05, 0) is 12.8 Å². The second-order valence-electron chi connectivity index (χ2n) is 4.66. The Morgan fingerprint density at radius 1 is 1.29 bits per heavy atom. The van der Waals surface area contributed by atoms with Crippen LogP contribution in [0, 0.1) is 12.3 Å². The van der Waals surface area contributed by atoms with E-state index in [0.29, 0.717) is 12.1 Å². The Morgan fingerprint density at radius 2 is 2.24 bits per heavy atom. The Morgan fingerprint density at radius 3 is 3.00 bits per heavy atom. The van der Waals surface area contributed by atoms with E-state index in [9.17, 15) is 0 Å². The largest absolute Gasteiger partial charge is 0.352 e. The second-order valence-corrected chi connectivity index (χ2v) is 4.66. The average Bonchev–Trinajstić information content (AvgIpc) is 2.81. The fourth-order valence-corrected chi connectivity index (χ4v) is 2.89. The zero-order valence-corrected chi connectivity index (χ0v) is 9.79. The number of rotatable bonds is 1. The van der Waals surface area contributed by atoms with Gasteiger partial charge < -0.3 is 4.90 Å². The number of fused-ring (bicyclic) bond motifs is 1. The number of terminal acetylenes is 1. The predicted octanol–water partition coefficient (Wildman–Crippen LogP) is 0.763. The highest BCUT2D eigenvalue weighted by Gasteiger charge is 2.36. The highest BCUT2D eigenvalue weighted by Crippen LogP contribution is 2.28. The molecule has 4 heteroatoms. The van der Waals surface area contributed by atoms with E-state index in [2.05, 4.69) is 25.7 Å². The van der Waals surface area contributed by atoms with Gasteiger partial charge in [-0.2, -0.15) is 0 Å². The van der Waals surface area contributed by atoms with Gasteiger partial charge in [0.2, 0.25) is 0 Å². The lowest BCUT2D eigenvalue weighted by molar-refractivity contribution is 0.202. The van der Waals surface area contributed by atoms with Crippen molar-refractivity contribution >= 4 is 5.82 Å². The molecule has 4 nitrogen and oxygen atoms in total. The normalized spacial score (nSPS) is 28.8. The number of anilines is 1. The van der Waals surface area contributed by atoms with Crippen molar-refractivity contribution in [1.82, 2.24) is 14.9 Å². The number of nitrogens with zero attached hydrogens (tertiary/aromatic N) is 4. The van der Waals surface area contributed by atoms with Crippen LogP contribution in [0.15, 0.2) is 18.6 Å². The first kappa shape index (κ1) is 10.5. The maximum absolute atomic E-state index is 5.56. The van der Waals surface area contributed by atoms with Crippen molar-refractivity contribution in [2.24, 2.45) is 0 Å². The minimum Gasteiger partial charge on any atom is -0.352 e. The minimum absolute atomic E-state index is 0.351. The lowest BCUT2D eigenvalue weighted by Gasteiger charge is -2.39. The summed E-state index contributed by atoms with van der Waals surface area (Å²) in [6, 6.07) is 0.941. The molecule has 3 heterocycles. The summed E-state index contributed by atoms with van der Waals surface area (Å²) >= 11 is 0. The summed E-state index contributed by atoms with van der Waals surface area (Å²) in [5.41, 5.74) is 0. The predicted molar refractivity (Wildman–Crippen MR) is 66.6 cm³/mol. The molecule has 0 unspecified atom stereocenters. The molecular weight excluding hydrogens is 212 g/mol. The Labute approximate surface area is 102 Å². The van der Waals surface area contributed by atoms with E-state index in [1.165, 1.54) is 6.42 Å². The van der Waals surface area contributed by atoms with E-state index >= 15 is 0 Å². The molecule has 2 atom stereocenters. The number of piperazine rings is 1. The van der Waals surface area contributed by atoms with E-state index in [4.69, 9.17) is 6.42 Å². The lowest BCUT2D eigenvalue weighted by atomic mass is 10.1. The van der Waals surface area contributed by atoms with Crippen molar-refractivity contribution in [3.05, 3.63) is 18.6 Å². The summed E-state index contributed by atoms with van der Waals surface area (Å²) in [4.78, 5) is 13.3. The van der Waals surface area contributed by atoms with E-state index in [1.807, 2.05) is 6.20 Å². The average molecular weight is 228 g/mol. The third-order valence-corrected chi connectivity index (χ3v) is 3.77. The maximum atomic E-state index is 5.56. The van der Waals surface area contributed by atoms with Gasteiger partial charge in [0.05, 0.1) is 12.2 Å². The summed E-state index contributed by atoms with van der Waals surface area (Å²) in [5, 5.41) is 0. The van der Waals surface area contributed by atoms with Gasteiger partial charge in [0, 0.05) is 38.1 Å². The van der Waals surface area contributed by atoms with Crippen LogP contribution in [-0.4, -0.2) is 46.6 Å². The first-order chi connectivity index (χ1) is 8.38. The Bertz CT molecular complexity index is 425. The second kappa shape index (κ2) is 4.34. The monoisotopic (exact) mass is 228 g/mol. The highest BCUT2D eigenvalue weighted by molar-refractivity contribution is 5.36. The molecule has 0 amide bonds. The highest BCUT2D eigenvalue weighted by atomic mass is 15.3. The quantitative estimate of drug-likeness (QED) is 0.664. The van der Waals surface area contributed by atoms with Crippen LogP contribution in [0.25, 0.3) is 0 Å². The van der Waals surface area contributed by atoms with Crippen LogP contribution in [0.1, 0.15) is 12.8 Å². The van der Waals surface area contributed by atoms with Crippen molar-refractivity contribution in [3.8, 4) is 12.3 Å². The van der Waals surface area contributed by atoms with Crippen molar-refractivity contribution in [2.45, 2.75) is 24.9 Å². The van der Waals surface area contributed by atoms with Gasteiger partial charge in [-0.3, -0.25) is 9.88 Å². The molecule has 0 N–H and O–H groups in total. The molecule has 2 fully saturated rings. The summed E-state index contributed by atoms with van der Waals surface area (Å²) in [6.07, 6.45) is 13.2. The van der Waals surface area contributed by atoms with Crippen molar-refractivity contribution in [3.63, 3.8) is 0 Å². The van der Waals surface area contributed by atoms with Crippen LogP contribution in [0.5, 0.6) is 0 Å². The maximum Gasteiger partial charge on any atom is 0.147 e. The third-order valence-electron chi connectivity index (χ3n) is 3.77. The zero-order valence-electron chi connectivity index (χ0n) is 9.79. The summed E-state index contributed by atoms with van der Waals surface area (Å²) in [6.45, 7) is 3.06. The molecule has 0 radical (unpaired) electrons. The van der Waals surface area contributed by atoms with Crippen molar-refractivity contribution in [2.75, 3.05) is 24.5 Å². The number of hydrogen-bond acceptors (Lipinski definition) is 4. The smallest absolute Gasteiger partial charge is 0.147 e. The molecule has 2 aliphatic rings. The molecule has 88 valence electrons. The molecule has 1 aromatic heterocycles. The molecule has 2 saturated heterocycles. The Hall–Kier alpha value is -1.60. The fourth-order valence-electron chi connectivity index (χ4n) is 2.89. The molecule has 17 heavy (non-hydrogen) atoms. The topological polar surface area (TPSA) is 32.3 Å². The van der Waals surface area contributed by atoms with E-state index in [0.717, 1.165) is 31.9 Å². The van der Waals surface area contributed by atoms with Crippen LogP contribution < -0.4 is 4.90 Å². The van der Waals surface area contributed by atoms with Crippen molar-refractivity contribution in [1.29, 1.82) is 0 Å². The molecule has 2 aliphatic heterocycles. The Balaban J connectivity index is 1.73. The van der Waals surface area contributed by atoms with Crippen LogP contribution in [0.2, 0.25) is 0 Å². The summed E-state index contributed by atoms with van der Waals surface area (Å²) in [5.74, 6) is 3.88. The van der Waals surface area contributed by atoms with Gasteiger partial charge in [0.15, 0.2) is 0 Å². The summed E-state index contributed by atoms with van der Waals surface area (Å²) < 4.78 is 0. The SMILES string of the molecule is C#C[C@H]1CC[C@H]2CN(c3cnccn3)CCN21. The van der Waals surface area contributed by atoms with Gasteiger partial charge in [0.1, 0.15) is 5.82 Å². The fraction of sp³-hybridized carbons (Fsp3) is 0.538. The molecule has 3 rings (SSSR count). The van der Waals surface area contributed by atoms with Crippen LogP contribution in [0.3, 0.4) is 0 Å². The minimum atomic E-state index is 0.351. The van der Waals surface area contributed by atoms with E-state index in [1.54, 1.807) is 12.4 Å². The number of aromatic nitrogens is 2. The van der Waals surface area contributed by atoms with E-state index < -0.39 is 0 Å². The molecule has 0 aliphatic carbocycles. The lowest BCUT2D eigenvalue weighted by Crippen LogP contribution is -2.52. The third kappa shape index (κ3) is 1.87. The van der Waals surface area contributed by atoms with Gasteiger partial charge >= 0.3 is 0 Å². The first-order valence-electron chi connectivity index (χ1n) is 6.11. The molecule has 0 saturated carbocycles. The van der Waals surface area contributed by atoms with Crippen LogP contribution in [-0.2, 0) is 0 Å². The standard InChI is InChI=1S/C13H16N4/c1-2-11-3-4-12-10-16(7-8-17(11)12)13-9-14-5-6-15-13/h1,5-6,9,11-12H,3-4,7-8,10H2/t11-,12-/m0/s1. The summed E-state index contributed by atoms with van der Waals surface area (Å²) in [7, 11) is 0. The molecular formula is C13H16N4. The zero-order chi connectivity index (χ0) is 11.7.